The molecule has 1 saturated heterocycles. The van der Waals surface area contributed by atoms with E-state index < -0.39 is 0 Å². The lowest BCUT2D eigenvalue weighted by Crippen LogP contribution is -2.25. The first-order chi connectivity index (χ1) is 8.85. The Morgan fingerprint density at radius 3 is 2.94 bits per heavy atom. The van der Waals surface area contributed by atoms with Gasteiger partial charge in [0.15, 0.2) is 0 Å². The summed E-state index contributed by atoms with van der Waals surface area (Å²) >= 11 is 2.10. The zero-order valence-electron chi connectivity index (χ0n) is 11.6. The van der Waals surface area contributed by atoms with Crippen molar-refractivity contribution >= 4 is 11.8 Å². The van der Waals surface area contributed by atoms with Gasteiger partial charge in [-0.1, -0.05) is 6.92 Å². The van der Waals surface area contributed by atoms with E-state index in [9.17, 15) is 0 Å². The minimum atomic E-state index is 0.416. The standard InChI is InChI=1S/C14H25N3S/c1-3-7-17-8-6-16-14(17)13(15-2)11-12-4-9-18-10-5-12/h6,8,12-13,15H,3-5,7,9-11H2,1-2H3. The quantitative estimate of drug-likeness (QED) is 0.859. The van der Waals surface area contributed by atoms with Crippen LogP contribution in [0.25, 0.3) is 0 Å². The highest BCUT2D eigenvalue weighted by atomic mass is 32.2. The largest absolute Gasteiger partial charge is 0.334 e. The Morgan fingerprint density at radius 1 is 1.50 bits per heavy atom. The van der Waals surface area contributed by atoms with Gasteiger partial charge in [0.2, 0.25) is 0 Å². The Balaban J connectivity index is 2.00. The summed E-state index contributed by atoms with van der Waals surface area (Å²) in [5.41, 5.74) is 0. The highest BCUT2D eigenvalue weighted by Crippen LogP contribution is 2.30. The van der Waals surface area contributed by atoms with E-state index in [1.165, 1.54) is 43.0 Å². The van der Waals surface area contributed by atoms with Crippen LogP contribution in [0.15, 0.2) is 12.4 Å². The van der Waals surface area contributed by atoms with Crippen molar-refractivity contribution in [2.75, 3.05) is 18.6 Å². The number of hydrogen-bond donors (Lipinski definition) is 1. The molecule has 1 unspecified atom stereocenters. The van der Waals surface area contributed by atoms with Crippen LogP contribution in [0.4, 0.5) is 0 Å². The number of aryl methyl sites for hydroxylation is 1. The van der Waals surface area contributed by atoms with Crippen LogP contribution in [0.3, 0.4) is 0 Å². The third-order valence-electron chi connectivity index (χ3n) is 3.78. The van der Waals surface area contributed by atoms with Gasteiger partial charge in [-0.25, -0.2) is 4.98 Å². The van der Waals surface area contributed by atoms with Gasteiger partial charge in [0.05, 0.1) is 6.04 Å². The van der Waals surface area contributed by atoms with Gasteiger partial charge >= 0.3 is 0 Å². The Hall–Kier alpha value is -0.480. The van der Waals surface area contributed by atoms with Gasteiger partial charge in [-0.3, -0.25) is 0 Å². The first-order valence-corrected chi connectivity index (χ1v) is 8.26. The fraction of sp³-hybridized carbons (Fsp3) is 0.786. The minimum Gasteiger partial charge on any atom is -0.334 e. The normalized spacial score (nSPS) is 19.0. The third kappa shape index (κ3) is 3.51. The Bertz CT molecular complexity index is 345. The molecule has 0 amide bonds. The number of imidazole rings is 1. The van der Waals surface area contributed by atoms with Crippen molar-refractivity contribution in [2.45, 2.75) is 45.2 Å². The molecule has 1 fully saturated rings. The molecule has 0 bridgehead atoms. The maximum atomic E-state index is 4.57. The zero-order chi connectivity index (χ0) is 12.8. The van der Waals surface area contributed by atoms with Crippen molar-refractivity contribution in [3.8, 4) is 0 Å². The summed E-state index contributed by atoms with van der Waals surface area (Å²) in [5, 5.41) is 3.46. The van der Waals surface area contributed by atoms with Gasteiger partial charge in [0.1, 0.15) is 5.82 Å². The Labute approximate surface area is 115 Å². The number of hydrogen-bond acceptors (Lipinski definition) is 3. The molecule has 4 heteroatoms. The Kier molecular flexibility index (Phi) is 5.57. The van der Waals surface area contributed by atoms with E-state index in [4.69, 9.17) is 0 Å². The molecule has 0 aliphatic carbocycles. The van der Waals surface area contributed by atoms with Gasteiger partial charge in [-0.2, -0.15) is 11.8 Å². The summed E-state index contributed by atoms with van der Waals surface area (Å²) in [6, 6.07) is 0.416. The van der Waals surface area contributed by atoms with Crippen molar-refractivity contribution in [3.05, 3.63) is 18.2 Å². The van der Waals surface area contributed by atoms with Crippen molar-refractivity contribution in [2.24, 2.45) is 5.92 Å². The number of nitrogens with zero attached hydrogens (tertiary/aromatic N) is 2. The fourth-order valence-corrected chi connectivity index (χ4v) is 3.93. The number of thioether (sulfide) groups is 1. The summed E-state index contributed by atoms with van der Waals surface area (Å²) in [6.07, 6.45) is 9.19. The summed E-state index contributed by atoms with van der Waals surface area (Å²) in [5.74, 6) is 4.77. The molecule has 1 aliphatic heterocycles. The van der Waals surface area contributed by atoms with E-state index in [1.807, 2.05) is 6.20 Å². The molecule has 0 saturated carbocycles. The first kappa shape index (κ1) is 13.9. The van der Waals surface area contributed by atoms with Crippen LogP contribution in [0.2, 0.25) is 0 Å². The zero-order valence-corrected chi connectivity index (χ0v) is 12.4. The number of nitrogens with one attached hydrogen (secondary N) is 1. The minimum absolute atomic E-state index is 0.416. The molecule has 0 radical (unpaired) electrons. The van der Waals surface area contributed by atoms with Crippen molar-refractivity contribution in [1.29, 1.82) is 0 Å². The highest BCUT2D eigenvalue weighted by molar-refractivity contribution is 7.99. The molecule has 2 heterocycles. The molecule has 18 heavy (non-hydrogen) atoms. The number of aromatic nitrogens is 2. The van der Waals surface area contributed by atoms with Crippen LogP contribution in [0.1, 0.15) is 44.5 Å². The Morgan fingerprint density at radius 2 is 2.28 bits per heavy atom. The van der Waals surface area contributed by atoms with E-state index in [2.05, 4.69) is 46.8 Å². The van der Waals surface area contributed by atoms with Crippen LogP contribution in [0.5, 0.6) is 0 Å². The summed E-state index contributed by atoms with van der Waals surface area (Å²) in [4.78, 5) is 4.57. The lowest BCUT2D eigenvalue weighted by atomic mass is 9.94. The lowest BCUT2D eigenvalue weighted by molar-refractivity contribution is 0.366. The second-order valence-corrected chi connectivity index (χ2v) is 6.34. The van der Waals surface area contributed by atoms with Crippen LogP contribution in [0, 0.1) is 5.92 Å². The molecule has 1 atom stereocenters. The van der Waals surface area contributed by atoms with Gasteiger partial charge in [0.25, 0.3) is 0 Å². The topological polar surface area (TPSA) is 29.9 Å². The lowest BCUT2D eigenvalue weighted by Gasteiger charge is -2.26. The first-order valence-electron chi connectivity index (χ1n) is 7.11. The van der Waals surface area contributed by atoms with Gasteiger partial charge in [0, 0.05) is 18.9 Å². The molecule has 1 N–H and O–H groups in total. The summed E-state index contributed by atoms with van der Waals surface area (Å²) in [6.45, 7) is 3.30. The fourth-order valence-electron chi connectivity index (χ4n) is 2.73. The predicted molar refractivity (Wildman–Crippen MR) is 79.0 cm³/mol. The molecular formula is C14H25N3S. The summed E-state index contributed by atoms with van der Waals surface area (Å²) in [7, 11) is 2.06. The molecule has 0 spiro atoms. The monoisotopic (exact) mass is 267 g/mol. The van der Waals surface area contributed by atoms with Crippen molar-refractivity contribution in [3.63, 3.8) is 0 Å². The van der Waals surface area contributed by atoms with Gasteiger partial charge in [-0.15, -0.1) is 0 Å². The van der Waals surface area contributed by atoms with Crippen molar-refractivity contribution < 1.29 is 0 Å². The molecule has 1 aromatic rings. The third-order valence-corrected chi connectivity index (χ3v) is 4.83. The molecular weight excluding hydrogens is 242 g/mol. The van der Waals surface area contributed by atoms with E-state index >= 15 is 0 Å². The molecule has 0 aromatic carbocycles. The average molecular weight is 267 g/mol. The molecule has 1 aliphatic rings. The maximum absolute atomic E-state index is 4.57. The van der Waals surface area contributed by atoms with E-state index in [0.29, 0.717) is 6.04 Å². The maximum Gasteiger partial charge on any atom is 0.125 e. The van der Waals surface area contributed by atoms with Gasteiger partial charge in [-0.05, 0) is 50.2 Å². The summed E-state index contributed by atoms with van der Waals surface area (Å²) < 4.78 is 2.30. The van der Waals surface area contributed by atoms with Crippen molar-refractivity contribution in [1.82, 2.24) is 14.9 Å². The average Bonchev–Trinajstić information content (AvgIpc) is 2.86. The molecule has 3 nitrogen and oxygen atoms in total. The number of rotatable bonds is 6. The van der Waals surface area contributed by atoms with Gasteiger partial charge < -0.3 is 9.88 Å². The predicted octanol–water partition coefficient (Wildman–Crippen LogP) is 3.09. The van der Waals surface area contributed by atoms with E-state index in [0.717, 1.165) is 12.5 Å². The second-order valence-electron chi connectivity index (χ2n) is 5.11. The molecule has 102 valence electrons. The van der Waals surface area contributed by atoms with Crippen LogP contribution in [-0.2, 0) is 6.54 Å². The van der Waals surface area contributed by atoms with Crippen LogP contribution in [-0.4, -0.2) is 28.1 Å². The smallest absolute Gasteiger partial charge is 0.125 e. The van der Waals surface area contributed by atoms with E-state index in [1.54, 1.807) is 0 Å². The second kappa shape index (κ2) is 7.19. The SMILES string of the molecule is CCCn1ccnc1C(CC1CCSCC1)NC. The molecule has 2 rings (SSSR count). The van der Waals surface area contributed by atoms with Crippen LogP contribution >= 0.6 is 11.8 Å². The van der Waals surface area contributed by atoms with E-state index in [-0.39, 0.29) is 0 Å². The molecule has 1 aromatic heterocycles. The highest BCUT2D eigenvalue weighted by Gasteiger charge is 2.22. The van der Waals surface area contributed by atoms with Crippen LogP contribution < -0.4 is 5.32 Å².